The van der Waals surface area contributed by atoms with E-state index in [2.05, 4.69) is 24.5 Å². The van der Waals surface area contributed by atoms with Gasteiger partial charge in [0.25, 0.3) is 5.91 Å². The fourth-order valence-electron chi connectivity index (χ4n) is 3.46. The largest absolute Gasteiger partial charge is 0.351 e. The predicted octanol–water partition coefficient (Wildman–Crippen LogP) is 3.47. The fourth-order valence-corrected chi connectivity index (χ4v) is 4.42. The van der Waals surface area contributed by atoms with Crippen molar-refractivity contribution in [3.63, 3.8) is 0 Å². The summed E-state index contributed by atoms with van der Waals surface area (Å²) in [6.07, 6.45) is 0.599. The lowest BCUT2D eigenvalue weighted by Gasteiger charge is -2.34. The summed E-state index contributed by atoms with van der Waals surface area (Å²) in [6, 6.07) is 13.5. The smallest absolute Gasteiger partial charge is 0.252 e. The lowest BCUT2D eigenvalue weighted by atomic mass is 10.1. The molecular weight excluding hydrogens is 437 g/mol. The molecule has 1 saturated heterocycles. The van der Waals surface area contributed by atoms with E-state index in [0.717, 1.165) is 49.2 Å². The van der Waals surface area contributed by atoms with Crippen molar-refractivity contribution in [1.82, 2.24) is 19.6 Å². The molecule has 1 aliphatic rings. The second-order valence-electron chi connectivity index (χ2n) is 7.36. The van der Waals surface area contributed by atoms with Gasteiger partial charge < -0.3 is 10.2 Å². The van der Waals surface area contributed by atoms with Gasteiger partial charge in [-0.15, -0.1) is 0 Å². The van der Waals surface area contributed by atoms with Crippen LogP contribution in [0.25, 0.3) is 0 Å². The number of aromatic nitrogens is 2. The van der Waals surface area contributed by atoms with Crippen LogP contribution in [0.3, 0.4) is 0 Å². The standard InChI is InChI=1S/C22H23ClFN5OS/c23-19-4-2-1-3-18(19)21(30)25-9-10-28-11-13-29(14-12-28)22-26-20(27-31-22)15-16-5-7-17(24)8-6-16/h1-8H,9-15H2,(H,25,30). The summed E-state index contributed by atoms with van der Waals surface area (Å²) in [4.78, 5) is 21.5. The first-order valence-corrected chi connectivity index (χ1v) is 11.3. The number of nitrogens with one attached hydrogen (secondary N) is 1. The third-order valence-electron chi connectivity index (χ3n) is 5.21. The second-order valence-corrected chi connectivity index (χ2v) is 8.50. The van der Waals surface area contributed by atoms with Crippen LogP contribution in [-0.4, -0.2) is 59.4 Å². The predicted molar refractivity (Wildman–Crippen MR) is 122 cm³/mol. The highest BCUT2D eigenvalue weighted by molar-refractivity contribution is 7.09. The first-order chi connectivity index (χ1) is 15.1. The van der Waals surface area contributed by atoms with Crippen LogP contribution in [-0.2, 0) is 6.42 Å². The maximum absolute atomic E-state index is 13.0. The zero-order valence-electron chi connectivity index (χ0n) is 16.9. The zero-order chi connectivity index (χ0) is 21.6. The van der Waals surface area contributed by atoms with Crippen molar-refractivity contribution in [2.75, 3.05) is 44.2 Å². The van der Waals surface area contributed by atoms with E-state index in [4.69, 9.17) is 11.6 Å². The molecule has 0 unspecified atom stereocenters. The molecule has 1 N–H and O–H groups in total. The molecule has 3 aromatic rings. The Bertz CT molecular complexity index is 1020. The Labute approximate surface area is 189 Å². The number of anilines is 1. The van der Waals surface area contributed by atoms with E-state index in [0.29, 0.717) is 23.6 Å². The van der Waals surface area contributed by atoms with Gasteiger partial charge in [0.05, 0.1) is 10.6 Å². The van der Waals surface area contributed by atoms with Crippen molar-refractivity contribution in [2.45, 2.75) is 6.42 Å². The van der Waals surface area contributed by atoms with Crippen LogP contribution in [0.4, 0.5) is 9.52 Å². The molecule has 162 valence electrons. The molecule has 2 heterocycles. The summed E-state index contributed by atoms with van der Waals surface area (Å²) in [7, 11) is 0. The molecule has 0 radical (unpaired) electrons. The summed E-state index contributed by atoms with van der Waals surface area (Å²) in [5, 5.41) is 4.32. The van der Waals surface area contributed by atoms with Crippen LogP contribution >= 0.6 is 23.1 Å². The molecule has 9 heteroatoms. The van der Waals surface area contributed by atoms with Crippen molar-refractivity contribution in [2.24, 2.45) is 0 Å². The highest BCUT2D eigenvalue weighted by Gasteiger charge is 2.20. The summed E-state index contributed by atoms with van der Waals surface area (Å²) in [5.74, 6) is 0.375. The zero-order valence-corrected chi connectivity index (χ0v) is 18.5. The Morgan fingerprint density at radius 3 is 2.58 bits per heavy atom. The third-order valence-corrected chi connectivity index (χ3v) is 6.35. The van der Waals surface area contributed by atoms with E-state index in [9.17, 15) is 9.18 Å². The number of carbonyl (C=O) groups is 1. The molecule has 1 aliphatic heterocycles. The molecule has 1 amide bonds. The molecule has 0 atom stereocenters. The molecule has 0 saturated carbocycles. The third kappa shape index (κ3) is 5.78. The molecule has 0 bridgehead atoms. The average molecular weight is 460 g/mol. The van der Waals surface area contributed by atoms with E-state index in [-0.39, 0.29) is 11.7 Å². The molecular formula is C22H23ClFN5OS. The number of piperazine rings is 1. The van der Waals surface area contributed by atoms with Gasteiger partial charge in [-0.25, -0.2) is 9.37 Å². The molecule has 0 spiro atoms. The number of nitrogens with zero attached hydrogens (tertiary/aromatic N) is 4. The lowest BCUT2D eigenvalue weighted by Crippen LogP contribution is -2.48. The Balaban J connectivity index is 1.21. The van der Waals surface area contributed by atoms with Gasteiger partial charge in [-0.3, -0.25) is 9.69 Å². The maximum atomic E-state index is 13.0. The number of halogens is 2. The van der Waals surface area contributed by atoms with Gasteiger partial charge in [0, 0.05) is 57.2 Å². The molecule has 6 nitrogen and oxygen atoms in total. The molecule has 31 heavy (non-hydrogen) atoms. The van der Waals surface area contributed by atoms with Gasteiger partial charge in [-0.05, 0) is 29.8 Å². The average Bonchev–Trinajstić information content (AvgIpc) is 3.24. The van der Waals surface area contributed by atoms with Crippen molar-refractivity contribution < 1.29 is 9.18 Å². The minimum Gasteiger partial charge on any atom is -0.351 e. The van der Waals surface area contributed by atoms with Crippen molar-refractivity contribution in [3.8, 4) is 0 Å². The normalized spacial score (nSPS) is 14.6. The van der Waals surface area contributed by atoms with E-state index in [1.54, 1.807) is 30.3 Å². The first kappa shape index (κ1) is 21.7. The Hall–Kier alpha value is -2.55. The number of hydrogen-bond acceptors (Lipinski definition) is 6. The van der Waals surface area contributed by atoms with Crippen LogP contribution in [0.5, 0.6) is 0 Å². The minimum atomic E-state index is -0.239. The number of carbonyl (C=O) groups excluding carboxylic acids is 1. The molecule has 1 fully saturated rings. The van der Waals surface area contributed by atoms with Gasteiger partial charge in [0.2, 0.25) is 5.13 Å². The molecule has 2 aromatic carbocycles. The molecule has 4 rings (SSSR count). The van der Waals surface area contributed by atoms with E-state index >= 15 is 0 Å². The SMILES string of the molecule is O=C(NCCN1CCN(c2nc(Cc3ccc(F)cc3)ns2)CC1)c1ccccc1Cl. The van der Waals surface area contributed by atoms with E-state index in [1.807, 2.05) is 6.07 Å². The number of benzene rings is 2. The minimum absolute atomic E-state index is 0.147. The van der Waals surface area contributed by atoms with Gasteiger partial charge >= 0.3 is 0 Å². The summed E-state index contributed by atoms with van der Waals surface area (Å²) < 4.78 is 17.5. The van der Waals surface area contributed by atoms with Crippen LogP contribution in [0.15, 0.2) is 48.5 Å². The second kappa shape index (κ2) is 10.2. The Morgan fingerprint density at radius 2 is 1.84 bits per heavy atom. The van der Waals surface area contributed by atoms with Crippen molar-refractivity contribution in [3.05, 3.63) is 76.3 Å². The van der Waals surface area contributed by atoms with Gasteiger partial charge in [0.1, 0.15) is 11.6 Å². The summed E-state index contributed by atoms with van der Waals surface area (Å²) in [6.45, 7) is 4.89. The van der Waals surface area contributed by atoms with Crippen LogP contribution in [0, 0.1) is 5.82 Å². The summed E-state index contributed by atoms with van der Waals surface area (Å²) in [5.41, 5.74) is 1.50. The summed E-state index contributed by atoms with van der Waals surface area (Å²) >= 11 is 7.48. The van der Waals surface area contributed by atoms with Crippen LogP contribution in [0.2, 0.25) is 5.02 Å². The van der Waals surface area contributed by atoms with Gasteiger partial charge in [-0.2, -0.15) is 4.37 Å². The fraction of sp³-hybridized carbons (Fsp3) is 0.318. The highest BCUT2D eigenvalue weighted by atomic mass is 35.5. The van der Waals surface area contributed by atoms with Crippen LogP contribution < -0.4 is 10.2 Å². The topological polar surface area (TPSA) is 61.4 Å². The number of hydrogen-bond donors (Lipinski definition) is 1. The Kier molecular flexibility index (Phi) is 7.11. The van der Waals surface area contributed by atoms with E-state index in [1.165, 1.54) is 23.7 Å². The number of rotatable bonds is 7. The van der Waals surface area contributed by atoms with Crippen LogP contribution in [0.1, 0.15) is 21.7 Å². The maximum Gasteiger partial charge on any atom is 0.252 e. The van der Waals surface area contributed by atoms with Crippen molar-refractivity contribution in [1.29, 1.82) is 0 Å². The van der Waals surface area contributed by atoms with E-state index < -0.39 is 0 Å². The Morgan fingerprint density at radius 1 is 1.10 bits per heavy atom. The molecule has 1 aromatic heterocycles. The van der Waals surface area contributed by atoms with Crippen molar-refractivity contribution >= 4 is 34.2 Å². The molecule has 0 aliphatic carbocycles. The van der Waals surface area contributed by atoms with Gasteiger partial charge in [-0.1, -0.05) is 35.9 Å². The monoisotopic (exact) mass is 459 g/mol. The highest BCUT2D eigenvalue weighted by Crippen LogP contribution is 2.20. The number of amides is 1. The van der Waals surface area contributed by atoms with Gasteiger partial charge in [0.15, 0.2) is 0 Å². The lowest BCUT2D eigenvalue weighted by molar-refractivity contribution is 0.0948. The first-order valence-electron chi connectivity index (χ1n) is 10.2. The quantitative estimate of drug-likeness (QED) is 0.586.